The third kappa shape index (κ3) is 1.29. The van der Waals surface area contributed by atoms with Crippen LogP contribution < -0.4 is 5.32 Å². The molecule has 0 radical (unpaired) electrons. The molecule has 0 amide bonds. The molecule has 1 atom stereocenters. The average molecular weight is 181 g/mol. The van der Waals surface area contributed by atoms with Crippen molar-refractivity contribution in [2.24, 2.45) is 0 Å². The van der Waals surface area contributed by atoms with Gasteiger partial charge in [-0.05, 0) is 44.4 Å². The van der Waals surface area contributed by atoms with E-state index in [1.807, 2.05) is 18.4 Å². The van der Waals surface area contributed by atoms with Gasteiger partial charge in [0.15, 0.2) is 0 Å². The van der Waals surface area contributed by atoms with E-state index in [0.717, 1.165) is 12.5 Å². The molecule has 1 aromatic heterocycles. The summed E-state index contributed by atoms with van der Waals surface area (Å²) in [5.74, 6) is 0.787. The molecule has 66 valence electrons. The molecule has 1 aromatic rings. The van der Waals surface area contributed by atoms with Crippen molar-refractivity contribution in [2.45, 2.75) is 25.7 Å². The molecule has 1 heterocycles. The van der Waals surface area contributed by atoms with Gasteiger partial charge in [0.1, 0.15) is 0 Å². The van der Waals surface area contributed by atoms with Gasteiger partial charge in [-0.25, -0.2) is 0 Å². The molecule has 0 saturated heterocycles. The van der Waals surface area contributed by atoms with Gasteiger partial charge in [0.2, 0.25) is 0 Å². The van der Waals surface area contributed by atoms with Gasteiger partial charge < -0.3 is 5.32 Å². The first-order valence-corrected chi connectivity index (χ1v) is 5.36. The zero-order valence-electron chi connectivity index (χ0n) is 7.68. The maximum absolute atomic E-state index is 3.26. The van der Waals surface area contributed by atoms with Crippen LogP contribution in [0.5, 0.6) is 0 Å². The lowest BCUT2D eigenvalue weighted by Crippen LogP contribution is -2.14. The van der Waals surface area contributed by atoms with E-state index < -0.39 is 0 Å². The van der Waals surface area contributed by atoms with E-state index >= 15 is 0 Å². The standard InChI is InChI=1S/C10H15NS/c1-7-5-9-8(6-11-2)3-4-10(9)12-7/h5,8,11H,3-4,6H2,1-2H3. The molecule has 1 nitrogen and oxygen atoms in total. The average Bonchev–Trinajstić information content (AvgIpc) is 2.52. The Balaban J connectivity index is 2.22. The first-order valence-electron chi connectivity index (χ1n) is 4.55. The predicted octanol–water partition coefficient (Wildman–Crippen LogP) is 2.31. The van der Waals surface area contributed by atoms with Crippen molar-refractivity contribution >= 4 is 11.3 Å². The summed E-state index contributed by atoms with van der Waals surface area (Å²) in [6, 6.07) is 2.37. The topological polar surface area (TPSA) is 12.0 Å². The molecule has 0 aliphatic heterocycles. The minimum Gasteiger partial charge on any atom is -0.319 e. The molecule has 1 N–H and O–H groups in total. The highest BCUT2D eigenvalue weighted by Gasteiger charge is 2.23. The number of nitrogens with one attached hydrogen (secondary N) is 1. The summed E-state index contributed by atoms with van der Waals surface area (Å²) in [4.78, 5) is 3.11. The normalized spacial score (nSPS) is 21.3. The van der Waals surface area contributed by atoms with Crippen molar-refractivity contribution < 1.29 is 0 Å². The van der Waals surface area contributed by atoms with Gasteiger partial charge in [-0.3, -0.25) is 0 Å². The highest BCUT2D eigenvalue weighted by atomic mass is 32.1. The first-order chi connectivity index (χ1) is 5.81. The molecule has 1 aliphatic rings. The fraction of sp³-hybridized carbons (Fsp3) is 0.600. The molecular weight excluding hydrogens is 166 g/mol. The number of hydrogen-bond donors (Lipinski definition) is 1. The van der Waals surface area contributed by atoms with E-state index in [0.29, 0.717) is 0 Å². The van der Waals surface area contributed by atoms with Crippen LogP contribution in [0.15, 0.2) is 6.07 Å². The van der Waals surface area contributed by atoms with E-state index in [4.69, 9.17) is 0 Å². The minimum atomic E-state index is 0.787. The molecule has 2 heteroatoms. The van der Waals surface area contributed by atoms with Crippen LogP contribution in [-0.2, 0) is 6.42 Å². The zero-order chi connectivity index (χ0) is 8.55. The van der Waals surface area contributed by atoms with Crippen LogP contribution in [0.2, 0.25) is 0 Å². The summed E-state index contributed by atoms with van der Waals surface area (Å²) >= 11 is 1.98. The Morgan fingerprint density at radius 1 is 1.67 bits per heavy atom. The van der Waals surface area contributed by atoms with Crippen LogP contribution >= 0.6 is 11.3 Å². The fourth-order valence-electron chi connectivity index (χ4n) is 2.04. The SMILES string of the molecule is CNCC1CCc2sc(C)cc21. The summed E-state index contributed by atoms with van der Waals surface area (Å²) < 4.78 is 0. The molecule has 0 bridgehead atoms. The number of fused-ring (bicyclic) bond motifs is 1. The Labute approximate surface area is 77.8 Å². The van der Waals surface area contributed by atoms with Crippen LogP contribution in [0.3, 0.4) is 0 Å². The lowest BCUT2D eigenvalue weighted by atomic mass is 10.0. The minimum absolute atomic E-state index is 0.787. The number of thiophene rings is 1. The Morgan fingerprint density at radius 3 is 3.25 bits per heavy atom. The first kappa shape index (κ1) is 8.27. The summed E-state index contributed by atoms with van der Waals surface area (Å²) in [7, 11) is 2.04. The maximum Gasteiger partial charge on any atom is 0.00835 e. The van der Waals surface area contributed by atoms with Crippen LogP contribution in [0.1, 0.15) is 27.7 Å². The van der Waals surface area contributed by atoms with Gasteiger partial charge in [0, 0.05) is 16.3 Å². The second-order valence-corrected chi connectivity index (χ2v) is 4.87. The van der Waals surface area contributed by atoms with E-state index in [1.54, 1.807) is 10.4 Å². The number of aryl methyl sites for hydroxylation is 2. The monoisotopic (exact) mass is 181 g/mol. The molecule has 1 unspecified atom stereocenters. The molecule has 0 aromatic carbocycles. The lowest BCUT2D eigenvalue weighted by molar-refractivity contribution is 0.623. The van der Waals surface area contributed by atoms with Gasteiger partial charge >= 0.3 is 0 Å². The molecule has 0 saturated carbocycles. The lowest BCUT2D eigenvalue weighted by Gasteiger charge is -2.07. The molecule has 2 rings (SSSR count). The van der Waals surface area contributed by atoms with E-state index in [9.17, 15) is 0 Å². The fourth-order valence-corrected chi connectivity index (χ4v) is 3.18. The summed E-state index contributed by atoms with van der Waals surface area (Å²) in [5.41, 5.74) is 1.62. The Morgan fingerprint density at radius 2 is 2.50 bits per heavy atom. The smallest absolute Gasteiger partial charge is 0.00835 e. The second-order valence-electron chi connectivity index (χ2n) is 3.53. The van der Waals surface area contributed by atoms with Gasteiger partial charge in [-0.2, -0.15) is 0 Å². The number of likely N-dealkylation sites (N-methyl/N-ethyl adjacent to an activating group) is 1. The molecule has 12 heavy (non-hydrogen) atoms. The van der Waals surface area contributed by atoms with Gasteiger partial charge in [-0.15, -0.1) is 11.3 Å². The van der Waals surface area contributed by atoms with Crippen LogP contribution in [-0.4, -0.2) is 13.6 Å². The highest BCUT2D eigenvalue weighted by molar-refractivity contribution is 7.12. The molecule has 1 aliphatic carbocycles. The van der Waals surface area contributed by atoms with E-state index in [-0.39, 0.29) is 0 Å². The van der Waals surface area contributed by atoms with Gasteiger partial charge in [0.05, 0.1) is 0 Å². The number of hydrogen-bond acceptors (Lipinski definition) is 2. The van der Waals surface area contributed by atoms with Gasteiger partial charge in [0.25, 0.3) is 0 Å². The number of rotatable bonds is 2. The van der Waals surface area contributed by atoms with Crippen LogP contribution in [0.25, 0.3) is 0 Å². The van der Waals surface area contributed by atoms with Crippen LogP contribution in [0, 0.1) is 6.92 Å². The summed E-state index contributed by atoms with van der Waals surface area (Å²) in [5, 5.41) is 3.26. The largest absolute Gasteiger partial charge is 0.319 e. The van der Waals surface area contributed by atoms with E-state index in [1.165, 1.54) is 17.7 Å². The molecule has 0 spiro atoms. The van der Waals surface area contributed by atoms with Crippen molar-refractivity contribution in [1.29, 1.82) is 0 Å². The zero-order valence-corrected chi connectivity index (χ0v) is 8.50. The van der Waals surface area contributed by atoms with Crippen molar-refractivity contribution in [1.82, 2.24) is 5.32 Å². The summed E-state index contributed by atoms with van der Waals surface area (Å²) in [6.45, 7) is 3.35. The third-order valence-corrected chi connectivity index (χ3v) is 3.70. The Kier molecular flexibility index (Phi) is 2.20. The Hall–Kier alpha value is -0.340. The summed E-state index contributed by atoms with van der Waals surface area (Å²) in [6.07, 6.45) is 2.66. The van der Waals surface area contributed by atoms with Crippen molar-refractivity contribution in [3.8, 4) is 0 Å². The maximum atomic E-state index is 3.26. The Bertz CT molecular complexity index is 277. The van der Waals surface area contributed by atoms with Crippen molar-refractivity contribution in [3.63, 3.8) is 0 Å². The predicted molar refractivity (Wildman–Crippen MR) is 54.0 cm³/mol. The third-order valence-electron chi connectivity index (χ3n) is 2.58. The second kappa shape index (κ2) is 3.19. The van der Waals surface area contributed by atoms with Crippen molar-refractivity contribution in [2.75, 3.05) is 13.6 Å². The van der Waals surface area contributed by atoms with Crippen LogP contribution in [0.4, 0.5) is 0 Å². The molecular formula is C10H15NS. The quantitative estimate of drug-likeness (QED) is 0.738. The van der Waals surface area contributed by atoms with Gasteiger partial charge in [-0.1, -0.05) is 0 Å². The van der Waals surface area contributed by atoms with E-state index in [2.05, 4.69) is 18.3 Å². The highest BCUT2D eigenvalue weighted by Crippen LogP contribution is 2.37. The van der Waals surface area contributed by atoms with Crippen molar-refractivity contribution in [3.05, 3.63) is 21.4 Å². The molecule has 0 fully saturated rings.